The maximum absolute atomic E-state index is 11.9. The molecule has 1 aromatic heterocycles. The van der Waals surface area contributed by atoms with Gasteiger partial charge in [0, 0.05) is 36.2 Å². The highest BCUT2D eigenvalue weighted by atomic mass is 16.6. The molecule has 1 aliphatic heterocycles. The van der Waals surface area contributed by atoms with Crippen molar-refractivity contribution >= 4 is 17.0 Å². The molecule has 0 saturated heterocycles. The SMILES string of the molecule is CC(Cn1ccc2ccc3c(c21)CCO3)NC(=O)OC(C)(C)C. The summed E-state index contributed by atoms with van der Waals surface area (Å²) < 4.78 is 13.1. The van der Waals surface area contributed by atoms with Crippen molar-refractivity contribution in [3.8, 4) is 5.75 Å². The summed E-state index contributed by atoms with van der Waals surface area (Å²) in [7, 11) is 0. The summed E-state index contributed by atoms with van der Waals surface area (Å²) in [4.78, 5) is 11.9. The van der Waals surface area contributed by atoms with Crippen molar-refractivity contribution in [1.82, 2.24) is 9.88 Å². The summed E-state index contributed by atoms with van der Waals surface area (Å²) in [6.45, 7) is 9.00. The Balaban J connectivity index is 1.74. The Kier molecular flexibility index (Phi) is 3.96. The fourth-order valence-electron chi connectivity index (χ4n) is 3.00. The van der Waals surface area contributed by atoms with Gasteiger partial charge < -0.3 is 19.4 Å². The van der Waals surface area contributed by atoms with E-state index < -0.39 is 5.60 Å². The molecule has 1 aliphatic rings. The molecule has 2 heterocycles. The Morgan fingerprint density at radius 3 is 2.91 bits per heavy atom. The topological polar surface area (TPSA) is 52.5 Å². The monoisotopic (exact) mass is 316 g/mol. The number of nitrogens with zero attached hydrogens (tertiary/aromatic N) is 1. The number of amides is 1. The third kappa shape index (κ3) is 3.44. The molecule has 0 fully saturated rings. The molecule has 124 valence electrons. The van der Waals surface area contributed by atoms with Gasteiger partial charge in [-0.1, -0.05) is 0 Å². The van der Waals surface area contributed by atoms with Crippen molar-refractivity contribution in [1.29, 1.82) is 0 Å². The van der Waals surface area contributed by atoms with Crippen LogP contribution in [0.25, 0.3) is 10.9 Å². The van der Waals surface area contributed by atoms with Crippen LogP contribution in [0.2, 0.25) is 0 Å². The number of ether oxygens (including phenoxy) is 2. The van der Waals surface area contributed by atoms with E-state index in [1.54, 1.807) is 0 Å². The van der Waals surface area contributed by atoms with E-state index in [1.807, 2.05) is 33.8 Å². The van der Waals surface area contributed by atoms with Gasteiger partial charge in [0.05, 0.1) is 12.1 Å². The minimum atomic E-state index is -0.484. The Morgan fingerprint density at radius 1 is 1.39 bits per heavy atom. The number of rotatable bonds is 3. The fourth-order valence-corrected chi connectivity index (χ4v) is 3.00. The quantitative estimate of drug-likeness (QED) is 0.943. The van der Waals surface area contributed by atoms with Gasteiger partial charge >= 0.3 is 6.09 Å². The molecule has 2 aromatic rings. The standard InChI is InChI=1S/C18H24N2O3/c1-12(19-17(21)23-18(2,3)4)11-20-9-7-13-5-6-15-14(16(13)20)8-10-22-15/h5-7,9,12H,8,10-11H2,1-4H3,(H,19,21). The van der Waals surface area contributed by atoms with Crippen molar-refractivity contribution in [3.63, 3.8) is 0 Å². The van der Waals surface area contributed by atoms with E-state index in [1.165, 1.54) is 16.5 Å². The van der Waals surface area contributed by atoms with Crippen LogP contribution in [-0.4, -0.2) is 28.9 Å². The van der Waals surface area contributed by atoms with Crippen LogP contribution >= 0.6 is 0 Å². The van der Waals surface area contributed by atoms with Crippen molar-refractivity contribution in [2.75, 3.05) is 6.61 Å². The van der Waals surface area contributed by atoms with Gasteiger partial charge in [-0.25, -0.2) is 4.79 Å². The summed E-state index contributed by atoms with van der Waals surface area (Å²) in [5, 5.41) is 4.10. The lowest BCUT2D eigenvalue weighted by atomic mass is 10.1. The van der Waals surface area contributed by atoms with Gasteiger partial charge in [-0.2, -0.15) is 0 Å². The normalized spacial score (nSPS) is 15.1. The zero-order chi connectivity index (χ0) is 16.6. The van der Waals surface area contributed by atoms with Gasteiger partial charge in [0.25, 0.3) is 0 Å². The largest absolute Gasteiger partial charge is 0.493 e. The molecule has 1 N–H and O–H groups in total. The number of fused-ring (bicyclic) bond motifs is 3. The van der Waals surface area contributed by atoms with E-state index in [0.29, 0.717) is 6.54 Å². The highest BCUT2D eigenvalue weighted by molar-refractivity contribution is 5.86. The molecular formula is C18H24N2O3. The first-order valence-corrected chi connectivity index (χ1v) is 8.06. The van der Waals surface area contributed by atoms with Crippen LogP contribution < -0.4 is 10.1 Å². The molecular weight excluding hydrogens is 292 g/mol. The van der Waals surface area contributed by atoms with Crippen LogP contribution in [0.3, 0.4) is 0 Å². The van der Waals surface area contributed by atoms with Crippen LogP contribution in [0.5, 0.6) is 5.75 Å². The van der Waals surface area contributed by atoms with Gasteiger partial charge in [-0.05, 0) is 45.9 Å². The second kappa shape index (κ2) is 5.80. The van der Waals surface area contributed by atoms with Gasteiger partial charge in [0.15, 0.2) is 0 Å². The van der Waals surface area contributed by atoms with E-state index in [9.17, 15) is 4.79 Å². The Hall–Kier alpha value is -2.17. The molecule has 0 bridgehead atoms. The Labute approximate surface area is 136 Å². The number of carbonyl (C=O) groups is 1. The van der Waals surface area contributed by atoms with E-state index in [2.05, 4.69) is 28.2 Å². The molecule has 5 nitrogen and oxygen atoms in total. The van der Waals surface area contributed by atoms with E-state index >= 15 is 0 Å². The minimum Gasteiger partial charge on any atom is -0.493 e. The van der Waals surface area contributed by atoms with Crippen LogP contribution in [0.1, 0.15) is 33.3 Å². The van der Waals surface area contributed by atoms with Crippen molar-refractivity contribution in [2.45, 2.75) is 52.3 Å². The van der Waals surface area contributed by atoms with Crippen molar-refractivity contribution in [2.24, 2.45) is 0 Å². The summed E-state index contributed by atoms with van der Waals surface area (Å²) in [5.41, 5.74) is 1.98. The Bertz CT molecular complexity index is 728. The zero-order valence-electron chi connectivity index (χ0n) is 14.2. The number of hydrogen-bond donors (Lipinski definition) is 1. The highest BCUT2D eigenvalue weighted by Gasteiger charge is 2.20. The second-order valence-corrected chi connectivity index (χ2v) is 7.09. The van der Waals surface area contributed by atoms with Gasteiger partial charge in [-0.3, -0.25) is 0 Å². The number of nitrogens with one attached hydrogen (secondary N) is 1. The predicted octanol–water partition coefficient (Wildman–Crippen LogP) is 3.49. The lowest BCUT2D eigenvalue weighted by Gasteiger charge is -2.22. The number of benzene rings is 1. The summed E-state index contributed by atoms with van der Waals surface area (Å²) in [6.07, 6.45) is 2.62. The molecule has 23 heavy (non-hydrogen) atoms. The zero-order valence-corrected chi connectivity index (χ0v) is 14.2. The Morgan fingerprint density at radius 2 is 2.17 bits per heavy atom. The molecule has 1 amide bonds. The van der Waals surface area contributed by atoms with Crippen LogP contribution in [0.15, 0.2) is 24.4 Å². The molecule has 0 radical (unpaired) electrons. The number of carbonyl (C=O) groups excluding carboxylic acids is 1. The first kappa shape index (κ1) is 15.7. The number of aromatic nitrogens is 1. The van der Waals surface area contributed by atoms with Gasteiger partial charge in [-0.15, -0.1) is 0 Å². The number of alkyl carbamates (subject to hydrolysis) is 1. The molecule has 0 aliphatic carbocycles. The van der Waals surface area contributed by atoms with Gasteiger partial charge in [0.1, 0.15) is 11.4 Å². The van der Waals surface area contributed by atoms with E-state index in [0.717, 1.165) is 18.8 Å². The molecule has 1 atom stereocenters. The summed E-state index contributed by atoms with van der Waals surface area (Å²) in [5.74, 6) is 0.977. The van der Waals surface area contributed by atoms with Crippen molar-refractivity contribution < 1.29 is 14.3 Å². The first-order chi connectivity index (χ1) is 10.8. The maximum atomic E-state index is 11.9. The summed E-state index contributed by atoms with van der Waals surface area (Å²) >= 11 is 0. The lowest BCUT2D eigenvalue weighted by molar-refractivity contribution is 0.0504. The minimum absolute atomic E-state index is 0.0290. The smallest absolute Gasteiger partial charge is 0.407 e. The molecule has 0 saturated carbocycles. The van der Waals surface area contributed by atoms with Gasteiger partial charge in [0.2, 0.25) is 0 Å². The first-order valence-electron chi connectivity index (χ1n) is 8.06. The third-order valence-corrected chi connectivity index (χ3v) is 3.84. The van der Waals surface area contributed by atoms with Crippen LogP contribution in [0, 0.1) is 0 Å². The van der Waals surface area contributed by atoms with Crippen molar-refractivity contribution in [3.05, 3.63) is 30.0 Å². The molecule has 1 aromatic carbocycles. The predicted molar refractivity (Wildman–Crippen MR) is 90.0 cm³/mol. The number of hydrogen-bond acceptors (Lipinski definition) is 3. The average Bonchev–Trinajstić information content (AvgIpc) is 3.01. The third-order valence-electron chi connectivity index (χ3n) is 3.84. The molecule has 3 rings (SSSR count). The fraction of sp³-hybridized carbons (Fsp3) is 0.500. The average molecular weight is 316 g/mol. The van der Waals surface area contributed by atoms with E-state index in [-0.39, 0.29) is 12.1 Å². The van der Waals surface area contributed by atoms with E-state index in [4.69, 9.17) is 9.47 Å². The second-order valence-electron chi connectivity index (χ2n) is 7.09. The maximum Gasteiger partial charge on any atom is 0.407 e. The molecule has 0 spiro atoms. The van der Waals surface area contributed by atoms with Crippen LogP contribution in [0.4, 0.5) is 4.79 Å². The molecule has 1 unspecified atom stereocenters. The lowest BCUT2D eigenvalue weighted by Crippen LogP contribution is -2.39. The summed E-state index contributed by atoms with van der Waals surface area (Å²) in [6, 6.07) is 6.20. The highest BCUT2D eigenvalue weighted by Crippen LogP contribution is 2.33. The van der Waals surface area contributed by atoms with Crippen LogP contribution in [-0.2, 0) is 17.7 Å². The molecule has 5 heteroatoms.